The first-order valence-corrected chi connectivity index (χ1v) is 19.6. The molecule has 1 unspecified atom stereocenters. The molecule has 0 aromatic rings. The van der Waals surface area contributed by atoms with Crippen LogP contribution in [0.15, 0.2) is 11.6 Å². The summed E-state index contributed by atoms with van der Waals surface area (Å²) in [4.78, 5) is 0. The van der Waals surface area contributed by atoms with Crippen molar-refractivity contribution in [1.82, 2.24) is 0 Å². The summed E-state index contributed by atoms with van der Waals surface area (Å²) in [5.41, 5.74) is 2.19. The monoisotopic (exact) mass is 491 g/mol. The van der Waals surface area contributed by atoms with Crippen LogP contribution in [-0.2, 0) is 8.85 Å². The summed E-state index contributed by atoms with van der Waals surface area (Å²) in [6, 6.07) is 0. The topological polar surface area (TPSA) is 38.7 Å². The molecule has 1 radical (unpaired) electrons. The molecule has 0 aromatic heterocycles. The molecule has 33 heavy (non-hydrogen) atoms. The van der Waals surface area contributed by atoms with Crippen LogP contribution in [0.2, 0.25) is 32.7 Å². The second-order valence-electron chi connectivity index (χ2n) is 14.2. The highest BCUT2D eigenvalue weighted by Gasteiger charge is 2.62. The summed E-state index contributed by atoms with van der Waals surface area (Å²) in [5.74, 6) is 2.75. The van der Waals surface area contributed by atoms with Crippen molar-refractivity contribution in [2.45, 2.75) is 111 Å². The van der Waals surface area contributed by atoms with Crippen LogP contribution in [0.4, 0.5) is 0 Å². The summed E-state index contributed by atoms with van der Waals surface area (Å²) in [7, 11) is -2.34. The van der Waals surface area contributed by atoms with Crippen LogP contribution >= 0.6 is 0 Å². The van der Waals surface area contributed by atoms with E-state index in [1.807, 2.05) is 0 Å². The molecule has 5 heteroatoms. The van der Waals surface area contributed by atoms with Crippen LogP contribution in [0.3, 0.4) is 0 Å². The van der Waals surface area contributed by atoms with Crippen LogP contribution in [0, 0.1) is 39.9 Å². The molecule has 0 aliphatic heterocycles. The highest BCUT2D eigenvalue weighted by molar-refractivity contribution is 6.69. The summed E-state index contributed by atoms with van der Waals surface area (Å²) in [5, 5.41) is 10.9. The lowest BCUT2D eigenvalue weighted by atomic mass is 9.46. The molecule has 3 nitrogen and oxygen atoms in total. The molecule has 0 spiro atoms. The van der Waals surface area contributed by atoms with Gasteiger partial charge < -0.3 is 14.0 Å². The van der Waals surface area contributed by atoms with Gasteiger partial charge in [-0.05, 0) is 113 Å². The average molecular weight is 492 g/mol. The van der Waals surface area contributed by atoms with Gasteiger partial charge in [-0.1, -0.05) is 32.4 Å². The quantitative estimate of drug-likeness (QED) is 0.319. The van der Waals surface area contributed by atoms with Crippen LogP contribution in [-0.4, -0.2) is 41.8 Å². The molecule has 0 aromatic carbocycles. The van der Waals surface area contributed by atoms with E-state index in [9.17, 15) is 5.11 Å². The largest absolute Gasteiger partial charge is 0.417 e. The zero-order valence-electron chi connectivity index (χ0n) is 22.8. The van der Waals surface area contributed by atoms with Crippen molar-refractivity contribution in [3.8, 4) is 0 Å². The van der Waals surface area contributed by atoms with Crippen LogP contribution in [0.5, 0.6) is 0 Å². The lowest BCUT2D eigenvalue weighted by Crippen LogP contribution is -2.56. The Morgan fingerprint density at radius 1 is 1.06 bits per heavy atom. The number of aliphatic hydroxyl groups excluding tert-OH is 1. The predicted molar refractivity (Wildman–Crippen MR) is 142 cm³/mol. The first kappa shape index (κ1) is 26.1. The maximum absolute atomic E-state index is 10.9. The van der Waals surface area contributed by atoms with E-state index in [4.69, 9.17) is 8.85 Å². The van der Waals surface area contributed by atoms with E-state index in [2.05, 4.69) is 59.6 Å². The molecule has 0 saturated heterocycles. The Kier molecular flexibility index (Phi) is 7.26. The fraction of sp³-hybridized carbons (Fsp3) is 0.929. The zero-order valence-corrected chi connectivity index (χ0v) is 24.8. The van der Waals surface area contributed by atoms with Crippen LogP contribution in [0.1, 0.15) is 72.1 Å². The minimum Gasteiger partial charge on any atom is -0.417 e. The van der Waals surface area contributed by atoms with Crippen molar-refractivity contribution in [2.75, 3.05) is 13.2 Å². The number of hydrogen-bond donors (Lipinski definition) is 1. The molecule has 0 amide bonds. The molecular formula is C28H51O3Si2. The van der Waals surface area contributed by atoms with E-state index >= 15 is 0 Å². The fourth-order valence-electron chi connectivity index (χ4n) is 8.41. The molecule has 3 saturated carbocycles. The molecule has 4 aliphatic rings. The Morgan fingerprint density at radius 3 is 2.39 bits per heavy atom. The molecular weight excluding hydrogens is 440 g/mol. The Balaban J connectivity index is 1.64. The van der Waals surface area contributed by atoms with E-state index in [0.29, 0.717) is 35.9 Å². The summed E-state index contributed by atoms with van der Waals surface area (Å²) in [6.45, 7) is 20.0. The Morgan fingerprint density at radius 2 is 1.79 bits per heavy atom. The number of hydrogen-bond acceptors (Lipinski definition) is 3. The van der Waals surface area contributed by atoms with Crippen LogP contribution in [0.25, 0.3) is 0 Å². The van der Waals surface area contributed by atoms with E-state index in [1.54, 1.807) is 5.57 Å². The van der Waals surface area contributed by atoms with Crippen molar-refractivity contribution in [3.63, 3.8) is 0 Å². The van der Waals surface area contributed by atoms with Crippen molar-refractivity contribution in [1.29, 1.82) is 0 Å². The molecule has 0 bridgehead atoms. The third-order valence-electron chi connectivity index (χ3n) is 10.1. The standard InChI is InChI=1S/C28H51O3Si2/c1-26(2,3)20-13-15-27(18-29)21(17-20)9-10-22-23-11-12-25(31-33(6,7)8)28(23,16-14-24(22)27)19-30-32(4)5/h9,20,22-25,29H,10-19H2,1-8H3/t20?,22-,23-,24-,25-,27+,28+/m0/s1. The van der Waals surface area contributed by atoms with Gasteiger partial charge >= 0.3 is 0 Å². The highest BCUT2D eigenvalue weighted by Crippen LogP contribution is 2.66. The van der Waals surface area contributed by atoms with Gasteiger partial charge in [-0.15, -0.1) is 0 Å². The lowest BCUT2D eigenvalue weighted by Gasteiger charge is -2.60. The summed E-state index contributed by atoms with van der Waals surface area (Å²) < 4.78 is 13.4. The van der Waals surface area contributed by atoms with Gasteiger partial charge in [0.2, 0.25) is 9.04 Å². The molecule has 3 fully saturated rings. The Labute approximate surface area is 207 Å². The fourth-order valence-corrected chi connectivity index (χ4v) is 10.2. The van der Waals surface area contributed by atoms with Gasteiger partial charge in [-0.3, -0.25) is 0 Å². The molecule has 189 valence electrons. The number of fused-ring (bicyclic) bond motifs is 5. The summed E-state index contributed by atoms with van der Waals surface area (Å²) in [6.07, 6.45) is 12.8. The average Bonchev–Trinajstić information content (AvgIpc) is 3.07. The third-order valence-corrected chi connectivity index (χ3v) is 11.8. The summed E-state index contributed by atoms with van der Waals surface area (Å²) >= 11 is 0. The van der Waals surface area contributed by atoms with Crippen molar-refractivity contribution < 1.29 is 14.0 Å². The molecule has 0 heterocycles. The highest BCUT2D eigenvalue weighted by atomic mass is 28.4. The molecule has 4 aliphatic carbocycles. The van der Waals surface area contributed by atoms with E-state index in [1.165, 1.54) is 51.4 Å². The number of aliphatic hydroxyl groups is 1. The first-order valence-electron chi connectivity index (χ1n) is 13.7. The SMILES string of the molecule is C[Si](C)OC[C@]12CC[C@H]3[C@@H](CC=C4CC(C(C)(C)C)CC[C@@]43CO)[C@@H]1CC[C@@H]2O[Si](C)(C)C. The first-order chi connectivity index (χ1) is 15.3. The van der Waals surface area contributed by atoms with Gasteiger partial charge in [-0.25, -0.2) is 0 Å². The Bertz CT molecular complexity index is 736. The Hall–Kier alpha value is 0.0538. The predicted octanol–water partition coefficient (Wildman–Crippen LogP) is 7.05. The van der Waals surface area contributed by atoms with E-state index in [-0.39, 0.29) is 10.8 Å². The molecule has 4 rings (SSSR count). The van der Waals surface area contributed by atoms with Gasteiger partial charge in [-0.2, -0.15) is 0 Å². The van der Waals surface area contributed by atoms with Crippen molar-refractivity contribution in [2.24, 2.45) is 39.9 Å². The van der Waals surface area contributed by atoms with Crippen molar-refractivity contribution >= 4 is 17.4 Å². The maximum atomic E-state index is 10.9. The third kappa shape index (κ3) is 4.75. The van der Waals surface area contributed by atoms with Crippen molar-refractivity contribution in [3.05, 3.63) is 11.6 Å². The maximum Gasteiger partial charge on any atom is 0.204 e. The zero-order chi connectivity index (χ0) is 24.2. The molecule has 1 N–H and O–H groups in total. The second kappa shape index (κ2) is 9.17. The minimum atomic E-state index is -1.62. The van der Waals surface area contributed by atoms with Gasteiger partial charge in [0.05, 0.1) is 12.7 Å². The second-order valence-corrected chi connectivity index (χ2v) is 20.8. The number of allylic oxidation sites excluding steroid dienone is 1. The van der Waals surface area contributed by atoms with Gasteiger partial charge in [0.15, 0.2) is 8.32 Å². The van der Waals surface area contributed by atoms with E-state index in [0.717, 1.165) is 12.5 Å². The van der Waals surface area contributed by atoms with E-state index < -0.39 is 17.4 Å². The van der Waals surface area contributed by atoms with Crippen LogP contribution < -0.4 is 0 Å². The lowest BCUT2D eigenvalue weighted by molar-refractivity contribution is -0.107. The van der Waals surface area contributed by atoms with Gasteiger partial charge in [0.1, 0.15) is 0 Å². The van der Waals surface area contributed by atoms with Gasteiger partial charge in [0.25, 0.3) is 0 Å². The smallest absolute Gasteiger partial charge is 0.204 e. The van der Waals surface area contributed by atoms with Gasteiger partial charge in [0, 0.05) is 17.4 Å². The number of rotatable bonds is 6. The molecule has 7 atom stereocenters. The normalized spacial score (nSPS) is 41.4. The minimum absolute atomic E-state index is 0.0415.